The molecule has 0 unspecified atom stereocenters. The number of benzene rings is 3. The fraction of sp³-hybridized carbons (Fsp3) is 0.441. The highest BCUT2D eigenvalue weighted by Gasteiger charge is 2.44. The monoisotopic (exact) mass is 578 g/mol. The highest BCUT2D eigenvalue weighted by Crippen LogP contribution is 2.39. The molecule has 8 heteroatoms. The molecular formula is C34H37F3N2O3. The van der Waals surface area contributed by atoms with Crippen LogP contribution in [0.1, 0.15) is 71.5 Å². The van der Waals surface area contributed by atoms with E-state index in [-0.39, 0.29) is 29.8 Å². The molecule has 5 nitrogen and oxygen atoms in total. The number of piperidine rings is 2. The summed E-state index contributed by atoms with van der Waals surface area (Å²) in [7, 11) is 1.73. The topological polar surface area (TPSA) is 42.0 Å². The van der Waals surface area contributed by atoms with Crippen LogP contribution in [-0.4, -0.2) is 54.1 Å². The van der Waals surface area contributed by atoms with E-state index in [0.29, 0.717) is 24.3 Å². The molecule has 3 aliphatic heterocycles. The van der Waals surface area contributed by atoms with Crippen LogP contribution < -0.4 is 9.47 Å². The Kier molecular flexibility index (Phi) is 8.17. The molecule has 42 heavy (non-hydrogen) atoms. The van der Waals surface area contributed by atoms with Crippen LogP contribution in [0.4, 0.5) is 13.2 Å². The number of amides is 1. The predicted molar refractivity (Wildman–Crippen MR) is 155 cm³/mol. The standard InChI is InChI=1S/C34H37F3N2O3/c1-41-32-8-3-2-7-31(32)24-15-17-38(18-16-24)22-23-9-11-25(12-10-23)33(40)39-27-13-14-28(39)21-30(20-27)42-29-6-4-5-26(19-29)34(35,36)37/h2-12,19,24,27-28,30H,13-18,20-22H2,1H3/t27-,28-/m0/s1. The smallest absolute Gasteiger partial charge is 0.416 e. The Morgan fingerprint density at radius 2 is 1.57 bits per heavy atom. The second-order valence-corrected chi connectivity index (χ2v) is 11.8. The van der Waals surface area contributed by atoms with Gasteiger partial charge in [-0.25, -0.2) is 0 Å². The molecule has 0 aliphatic carbocycles. The van der Waals surface area contributed by atoms with E-state index in [9.17, 15) is 18.0 Å². The maximum absolute atomic E-state index is 13.5. The SMILES string of the molecule is COc1ccccc1C1CCN(Cc2ccc(C(=O)N3[C@H]4CC[C@H]3CC(Oc3cccc(C(F)(F)F)c3)C4)cc2)CC1. The molecule has 3 aromatic carbocycles. The minimum absolute atomic E-state index is 0.0317. The van der Waals surface area contributed by atoms with Crippen LogP contribution in [0.2, 0.25) is 0 Å². The molecule has 0 aromatic heterocycles. The summed E-state index contributed by atoms with van der Waals surface area (Å²) in [4.78, 5) is 18.0. The maximum atomic E-state index is 13.5. The lowest BCUT2D eigenvalue weighted by molar-refractivity contribution is -0.137. The fourth-order valence-electron chi connectivity index (χ4n) is 7.06. The van der Waals surface area contributed by atoms with Gasteiger partial charge in [0.15, 0.2) is 0 Å². The second kappa shape index (κ2) is 12.0. The predicted octanol–water partition coefficient (Wildman–Crippen LogP) is 7.31. The van der Waals surface area contributed by atoms with Gasteiger partial charge in [0.2, 0.25) is 0 Å². The van der Waals surface area contributed by atoms with E-state index in [2.05, 4.69) is 29.2 Å². The van der Waals surface area contributed by atoms with Gasteiger partial charge in [-0.05, 0) is 92.2 Å². The minimum Gasteiger partial charge on any atom is -0.496 e. The van der Waals surface area contributed by atoms with Gasteiger partial charge in [-0.1, -0.05) is 36.4 Å². The molecule has 2 bridgehead atoms. The number of hydrogen-bond donors (Lipinski definition) is 0. The number of methoxy groups -OCH3 is 1. The van der Waals surface area contributed by atoms with Crippen molar-refractivity contribution in [2.24, 2.45) is 0 Å². The van der Waals surface area contributed by atoms with E-state index in [1.54, 1.807) is 13.2 Å². The summed E-state index contributed by atoms with van der Waals surface area (Å²) in [5.74, 6) is 1.74. The van der Waals surface area contributed by atoms with Crippen molar-refractivity contribution < 1.29 is 27.4 Å². The number of alkyl halides is 3. The first-order valence-corrected chi connectivity index (χ1v) is 14.9. The van der Waals surface area contributed by atoms with Crippen molar-refractivity contribution in [3.8, 4) is 11.5 Å². The van der Waals surface area contributed by atoms with Crippen LogP contribution in [0.5, 0.6) is 11.5 Å². The highest BCUT2D eigenvalue weighted by atomic mass is 19.4. The Morgan fingerprint density at radius 1 is 0.881 bits per heavy atom. The lowest BCUT2D eigenvalue weighted by Gasteiger charge is -2.39. The first-order valence-electron chi connectivity index (χ1n) is 14.9. The summed E-state index contributed by atoms with van der Waals surface area (Å²) in [6, 6.07) is 21.4. The molecular weight excluding hydrogens is 541 g/mol. The summed E-state index contributed by atoms with van der Waals surface area (Å²) in [6.45, 7) is 2.89. The van der Waals surface area contributed by atoms with Gasteiger partial charge in [0.25, 0.3) is 5.91 Å². The van der Waals surface area contributed by atoms with Crippen molar-refractivity contribution in [2.45, 2.75) is 75.4 Å². The molecule has 6 rings (SSSR count). The number of carbonyl (C=O) groups excluding carboxylic acids is 1. The second-order valence-electron chi connectivity index (χ2n) is 11.8. The zero-order chi connectivity index (χ0) is 29.3. The molecule has 3 fully saturated rings. The maximum Gasteiger partial charge on any atom is 0.416 e. The van der Waals surface area contributed by atoms with Crippen LogP contribution in [-0.2, 0) is 12.7 Å². The molecule has 2 atom stereocenters. The quantitative estimate of drug-likeness (QED) is 0.295. The molecule has 3 aliphatic rings. The van der Waals surface area contributed by atoms with E-state index in [4.69, 9.17) is 9.47 Å². The third kappa shape index (κ3) is 6.14. The van der Waals surface area contributed by atoms with E-state index in [0.717, 1.165) is 63.2 Å². The van der Waals surface area contributed by atoms with E-state index >= 15 is 0 Å². The average Bonchev–Trinajstić information content (AvgIpc) is 3.27. The number of carbonyl (C=O) groups is 1. The number of rotatable bonds is 7. The normalized spacial score (nSPS) is 23.1. The van der Waals surface area contributed by atoms with Gasteiger partial charge in [-0.15, -0.1) is 0 Å². The van der Waals surface area contributed by atoms with Crippen LogP contribution in [0.15, 0.2) is 72.8 Å². The Balaban J connectivity index is 1.02. The van der Waals surface area contributed by atoms with Crippen molar-refractivity contribution in [1.82, 2.24) is 9.80 Å². The zero-order valence-corrected chi connectivity index (χ0v) is 23.9. The van der Waals surface area contributed by atoms with E-state index in [1.807, 2.05) is 29.2 Å². The number of halogens is 3. The molecule has 0 spiro atoms. The molecule has 3 aromatic rings. The third-order valence-corrected chi connectivity index (χ3v) is 9.16. The average molecular weight is 579 g/mol. The van der Waals surface area contributed by atoms with E-state index in [1.165, 1.54) is 17.2 Å². The van der Waals surface area contributed by atoms with Gasteiger partial charge in [0.1, 0.15) is 17.6 Å². The largest absolute Gasteiger partial charge is 0.496 e. The summed E-state index contributed by atoms with van der Waals surface area (Å²) in [5.41, 5.74) is 2.46. The number of fused-ring (bicyclic) bond motifs is 2. The highest BCUT2D eigenvalue weighted by molar-refractivity contribution is 5.95. The van der Waals surface area contributed by atoms with Gasteiger partial charge >= 0.3 is 6.18 Å². The summed E-state index contributed by atoms with van der Waals surface area (Å²) in [5, 5.41) is 0. The number of hydrogen-bond acceptors (Lipinski definition) is 4. The van der Waals surface area contributed by atoms with Crippen molar-refractivity contribution in [3.63, 3.8) is 0 Å². The number of ether oxygens (including phenoxy) is 2. The molecule has 3 heterocycles. The number of likely N-dealkylation sites (tertiary alicyclic amines) is 1. The van der Waals surface area contributed by atoms with Crippen molar-refractivity contribution in [1.29, 1.82) is 0 Å². The zero-order valence-electron chi connectivity index (χ0n) is 23.9. The molecule has 3 saturated heterocycles. The summed E-state index contributed by atoms with van der Waals surface area (Å²) in [6.07, 6.45) is 0.606. The molecule has 0 saturated carbocycles. The first-order chi connectivity index (χ1) is 20.3. The van der Waals surface area contributed by atoms with Crippen molar-refractivity contribution in [3.05, 3.63) is 95.1 Å². The van der Waals surface area contributed by atoms with Gasteiger partial charge in [-0.2, -0.15) is 13.2 Å². The lowest BCUT2D eigenvalue weighted by atomic mass is 9.88. The van der Waals surface area contributed by atoms with Crippen LogP contribution >= 0.6 is 0 Å². The van der Waals surface area contributed by atoms with E-state index < -0.39 is 11.7 Å². The molecule has 222 valence electrons. The molecule has 0 radical (unpaired) electrons. The minimum atomic E-state index is -4.41. The van der Waals surface area contributed by atoms with Crippen LogP contribution in [0.25, 0.3) is 0 Å². The number of para-hydroxylation sites is 1. The fourth-order valence-corrected chi connectivity index (χ4v) is 7.06. The van der Waals surface area contributed by atoms with Gasteiger partial charge in [-0.3, -0.25) is 9.69 Å². The number of nitrogens with zero attached hydrogens (tertiary/aromatic N) is 2. The Bertz CT molecular complexity index is 1370. The Morgan fingerprint density at radius 3 is 2.24 bits per heavy atom. The Hall–Kier alpha value is -3.52. The van der Waals surface area contributed by atoms with Crippen molar-refractivity contribution in [2.75, 3.05) is 20.2 Å². The van der Waals surface area contributed by atoms with Gasteiger partial charge in [0.05, 0.1) is 12.7 Å². The molecule has 1 amide bonds. The summed E-state index contributed by atoms with van der Waals surface area (Å²) < 4.78 is 50.9. The molecule has 0 N–H and O–H groups in total. The van der Waals surface area contributed by atoms with Crippen LogP contribution in [0, 0.1) is 0 Å². The summed E-state index contributed by atoms with van der Waals surface area (Å²) >= 11 is 0. The van der Waals surface area contributed by atoms with Gasteiger partial charge < -0.3 is 14.4 Å². The van der Waals surface area contributed by atoms with Gasteiger partial charge in [0, 0.05) is 37.0 Å². The lowest BCUT2D eigenvalue weighted by Crippen LogP contribution is -2.49. The van der Waals surface area contributed by atoms with Crippen molar-refractivity contribution >= 4 is 5.91 Å². The third-order valence-electron chi connectivity index (χ3n) is 9.16. The first kappa shape index (κ1) is 28.6. The Labute approximate surface area is 245 Å². The van der Waals surface area contributed by atoms with Crippen LogP contribution in [0.3, 0.4) is 0 Å².